The molecule has 2 heterocycles. The molecule has 280 valence electrons. The molecular weight excluding hydrogens is 651 g/mol. The van der Waals surface area contributed by atoms with Crippen LogP contribution in [0, 0.1) is 18.8 Å². The predicted molar refractivity (Wildman–Crippen MR) is 206 cm³/mol. The Morgan fingerprint density at radius 3 is 2.25 bits per heavy atom. The summed E-state index contributed by atoms with van der Waals surface area (Å²) in [7, 11) is 3.58. The second-order valence-corrected chi connectivity index (χ2v) is 17.1. The Bertz CT molecular complexity index is 1700. The van der Waals surface area contributed by atoms with E-state index < -0.39 is 5.60 Å². The Morgan fingerprint density at radius 2 is 1.60 bits per heavy atom. The van der Waals surface area contributed by atoms with Gasteiger partial charge in [0, 0.05) is 56.1 Å². The van der Waals surface area contributed by atoms with E-state index in [0.29, 0.717) is 23.9 Å². The topological polar surface area (TPSA) is 80.1 Å². The number of hydrogen-bond acceptors (Lipinski definition) is 6. The van der Waals surface area contributed by atoms with Crippen LogP contribution in [0.5, 0.6) is 5.75 Å². The van der Waals surface area contributed by atoms with Crippen molar-refractivity contribution in [2.75, 3.05) is 38.7 Å². The van der Waals surface area contributed by atoms with Gasteiger partial charge in [0.25, 0.3) is 0 Å². The van der Waals surface area contributed by atoms with E-state index in [1.807, 2.05) is 34.0 Å². The molecule has 0 radical (unpaired) electrons. The minimum absolute atomic E-state index is 0.0256. The zero-order valence-electron chi connectivity index (χ0n) is 32.2. The average molecular weight is 710 g/mol. The molecule has 0 atom stereocenters. The molecule has 9 heteroatoms. The van der Waals surface area contributed by atoms with Crippen molar-refractivity contribution in [1.82, 2.24) is 19.6 Å². The first-order valence-electron chi connectivity index (χ1n) is 19.8. The van der Waals surface area contributed by atoms with E-state index >= 15 is 0 Å². The van der Waals surface area contributed by atoms with Crippen molar-refractivity contribution in [2.24, 2.45) is 11.8 Å². The normalized spacial score (nSPS) is 24.2. The number of likely N-dealkylation sites (tertiary alicyclic amines) is 1. The molecule has 4 aliphatic rings. The highest BCUT2D eigenvalue weighted by Gasteiger charge is 2.40. The van der Waals surface area contributed by atoms with E-state index in [1.165, 1.54) is 24.0 Å². The largest absolute Gasteiger partial charge is 0.496 e. The van der Waals surface area contributed by atoms with Crippen LogP contribution in [0.4, 0.5) is 10.5 Å². The molecule has 1 aliphatic heterocycles. The lowest BCUT2D eigenvalue weighted by Crippen LogP contribution is -2.63. The highest BCUT2D eigenvalue weighted by Crippen LogP contribution is 2.40. The third-order valence-corrected chi connectivity index (χ3v) is 12.1. The van der Waals surface area contributed by atoms with Crippen LogP contribution in [0.3, 0.4) is 0 Å². The Kier molecular flexibility index (Phi) is 10.7. The predicted octanol–water partition coefficient (Wildman–Crippen LogP) is 8.62. The summed E-state index contributed by atoms with van der Waals surface area (Å²) in [4.78, 5) is 33.6. The number of carbonyl (C=O) groups is 2. The lowest BCUT2D eigenvalue weighted by molar-refractivity contribution is -0.124. The quantitative estimate of drug-likeness (QED) is 0.210. The van der Waals surface area contributed by atoms with Gasteiger partial charge in [0.2, 0.25) is 5.91 Å². The molecular formula is C43H59N5O4. The minimum atomic E-state index is -0.496. The zero-order chi connectivity index (χ0) is 36.6. The van der Waals surface area contributed by atoms with Crippen molar-refractivity contribution in [3.8, 4) is 16.9 Å². The molecule has 0 unspecified atom stereocenters. The summed E-state index contributed by atoms with van der Waals surface area (Å²) in [5.41, 5.74) is 5.34. The number of rotatable bonds is 10. The SMILES string of the molecule is COc1ccc([C@H]2CC[C@H](CN(c3cccc(-c4cnn(C5CC5)c4)c3)C(=O)[C@H]3CC[C@H](N4CC(N(C)C(=O)OC(C)(C)C)C4)CC3)CC2)cc1C. The van der Waals surface area contributed by atoms with Crippen molar-refractivity contribution < 1.29 is 19.1 Å². The van der Waals surface area contributed by atoms with E-state index in [2.05, 4.69) is 75.2 Å². The van der Waals surface area contributed by atoms with E-state index in [0.717, 1.165) is 93.6 Å². The third-order valence-electron chi connectivity index (χ3n) is 12.1. The van der Waals surface area contributed by atoms with Crippen LogP contribution < -0.4 is 9.64 Å². The molecule has 1 aromatic heterocycles. The van der Waals surface area contributed by atoms with Crippen LogP contribution in [0.2, 0.25) is 0 Å². The van der Waals surface area contributed by atoms with Gasteiger partial charge >= 0.3 is 6.09 Å². The maximum atomic E-state index is 14.6. The smallest absolute Gasteiger partial charge is 0.410 e. The number of benzene rings is 2. The average Bonchev–Trinajstić information content (AvgIpc) is 3.85. The standard InChI is InChI=1S/C43H59N5O4/c1-29-22-34(16-21-40(29)51-6)31-12-10-30(11-13-31)25-47(38-9-7-8-33(23-38)35-24-44-48(26-35)37-19-20-37)41(49)32-14-17-36(18-15-32)46-27-39(28-46)45(5)42(50)52-43(2,3)4/h7-9,16,21-24,26,30-32,36-37,39H,10-15,17-20,25,27-28H2,1-6H3/t30-,31-,32-,36-. The monoisotopic (exact) mass is 709 g/mol. The fraction of sp³-hybridized carbons (Fsp3) is 0.605. The van der Waals surface area contributed by atoms with Crippen molar-refractivity contribution in [1.29, 1.82) is 0 Å². The van der Waals surface area contributed by atoms with Crippen LogP contribution in [-0.4, -0.2) is 83.1 Å². The lowest BCUT2D eigenvalue weighted by atomic mass is 9.78. The van der Waals surface area contributed by atoms with Gasteiger partial charge < -0.3 is 19.3 Å². The Labute approximate surface area is 310 Å². The highest BCUT2D eigenvalue weighted by molar-refractivity contribution is 5.95. The molecule has 3 aliphatic carbocycles. The second-order valence-electron chi connectivity index (χ2n) is 17.1. The number of aromatic nitrogens is 2. The van der Waals surface area contributed by atoms with Crippen molar-refractivity contribution in [3.05, 3.63) is 66.0 Å². The van der Waals surface area contributed by atoms with Gasteiger partial charge in [-0.15, -0.1) is 0 Å². The molecule has 1 saturated heterocycles. The van der Waals surface area contributed by atoms with E-state index in [1.54, 1.807) is 12.0 Å². The van der Waals surface area contributed by atoms with Gasteiger partial charge in [0.15, 0.2) is 0 Å². The van der Waals surface area contributed by atoms with E-state index in [-0.39, 0.29) is 24.0 Å². The number of aryl methyl sites for hydroxylation is 1. The molecule has 52 heavy (non-hydrogen) atoms. The Hall–Kier alpha value is -3.85. The van der Waals surface area contributed by atoms with Crippen LogP contribution in [0.25, 0.3) is 11.1 Å². The van der Waals surface area contributed by atoms with Gasteiger partial charge in [-0.05, 0) is 139 Å². The molecule has 3 aromatic rings. The Morgan fingerprint density at radius 1 is 0.885 bits per heavy atom. The lowest BCUT2D eigenvalue weighted by Gasteiger charge is -2.49. The van der Waals surface area contributed by atoms with Crippen LogP contribution in [-0.2, 0) is 9.53 Å². The first kappa shape index (κ1) is 36.5. The number of carbonyl (C=O) groups excluding carboxylic acids is 2. The number of nitrogens with zero attached hydrogens (tertiary/aromatic N) is 5. The van der Waals surface area contributed by atoms with Gasteiger partial charge in [-0.25, -0.2) is 4.79 Å². The number of hydrogen-bond donors (Lipinski definition) is 0. The number of methoxy groups -OCH3 is 1. The molecule has 2 aromatic carbocycles. The summed E-state index contributed by atoms with van der Waals surface area (Å²) in [5.74, 6) is 2.28. The van der Waals surface area contributed by atoms with Gasteiger partial charge in [-0.1, -0.05) is 24.3 Å². The summed E-state index contributed by atoms with van der Waals surface area (Å²) in [6.45, 7) is 10.3. The Balaban J connectivity index is 1.00. The third kappa shape index (κ3) is 8.35. The first-order chi connectivity index (χ1) is 25.0. The molecule has 3 saturated carbocycles. The minimum Gasteiger partial charge on any atom is -0.496 e. The summed E-state index contributed by atoms with van der Waals surface area (Å²) < 4.78 is 13.2. The van der Waals surface area contributed by atoms with Crippen molar-refractivity contribution >= 4 is 17.7 Å². The number of likely N-dealkylation sites (N-methyl/N-ethyl adjacent to an activating group) is 1. The molecule has 9 nitrogen and oxygen atoms in total. The second kappa shape index (κ2) is 15.2. The van der Waals surface area contributed by atoms with Gasteiger partial charge in [0.1, 0.15) is 11.4 Å². The number of amides is 2. The summed E-state index contributed by atoms with van der Waals surface area (Å²) in [5, 5.41) is 4.65. The highest BCUT2D eigenvalue weighted by atomic mass is 16.6. The van der Waals surface area contributed by atoms with E-state index in [4.69, 9.17) is 9.47 Å². The van der Waals surface area contributed by atoms with Crippen molar-refractivity contribution in [2.45, 2.75) is 122 Å². The molecule has 4 fully saturated rings. The maximum Gasteiger partial charge on any atom is 0.410 e. The zero-order valence-corrected chi connectivity index (χ0v) is 32.2. The summed E-state index contributed by atoms with van der Waals surface area (Å²) in [6.07, 6.45) is 14.6. The van der Waals surface area contributed by atoms with Gasteiger partial charge in [-0.3, -0.25) is 14.4 Å². The summed E-state index contributed by atoms with van der Waals surface area (Å²) >= 11 is 0. The van der Waals surface area contributed by atoms with E-state index in [9.17, 15) is 9.59 Å². The van der Waals surface area contributed by atoms with Gasteiger partial charge in [0.05, 0.1) is 25.4 Å². The summed E-state index contributed by atoms with van der Waals surface area (Å²) in [6, 6.07) is 16.4. The van der Waals surface area contributed by atoms with Crippen LogP contribution >= 0.6 is 0 Å². The maximum absolute atomic E-state index is 14.6. The molecule has 0 spiro atoms. The van der Waals surface area contributed by atoms with Crippen LogP contribution in [0.15, 0.2) is 54.9 Å². The first-order valence-corrected chi connectivity index (χ1v) is 19.8. The van der Waals surface area contributed by atoms with Crippen LogP contribution in [0.1, 0.15) is 108 Å². The molecule has 0 bridgehead atoms. The molecule has 7 rings (SSSR count). The molecule has 0 N–H and O–H groups in total. The number of ether oxygens (including phenoxy) is 2. The fourth-order valence-electron chi connectivity index (χ4n) is 8.72. The van der Waals surface area contributed by atoms with Gasteiger partial charge in [-0.2, -0.15) is 5.10 Å². The van der Waals surface area contributed by atoms with Crippen molar-refractivity contribution in [3.63, 3.8) is 0 Å². The molecule has 2 amide bonds. The fourth-order valence-corrected chi connectivity index (χ4v) is 8.72. The number of anilines is 1.